The summed E-state index contributed by atoms with van der Waals surface area (Å²) < 4.78 is 0. The van der Waals surface area contributed by atoms with Crippen molar-refractivity contribution in [2.45, 2.75) is 6.54 Å². The van der Waals surface area contributed by atoms with Gasteiger partial charge in [0.25, 0.3) is 5.69 Å². The van der Waals surface area contributed by atoms with Crippen LogP contribution < -0.4 is 5.32 Å². The number of nitrogens with zero attached hydrogens (tertiary/aromatic N) is 3. The minimum absolute atomic E-state index is 0.0940. The number of nitro groups is 1. The van der Waals surface area contributed by atoms with Crippen LogP contribution in [-0.2, 0) is 6.54 Å². The summed E-state index contributed by atoms with van der Waals surface area (Å²) >= 11 is 5.83. The van der Waals surface area contributed by atoms with E-state index in [0.717, 1.165) is 39.3 Å². The Morgan fingerprint density at radius 2 is 2.14 bits per heavy atom. The van der Waals surface area contributed by atoms with Crippen LogP contribution in [0.15, 0.2) is 18.2 Å². The van der Waals surface area contributed by atoms with Crippen molar-refractivity contribution in [1.82, 2.24) is 15.1 Å². The number of nitro benzene ring substituents is 1. The topological polar surface area (TPSA) is 61.6 Å². The molecule has 0 bridgehead atoms. The zero-order valence-corrected chi connectivity index (χ0v) is 13.0. The molecule has 1 saturated heterocycles. The summed E-state index contributed by atoms with van der Waals surface area (Å²) in [5, 5.41) is 14.8. The molecule has 21 heavy (non-hydrogen) atoms. The lowest BCUT2D eigenvalue weighted by atomic mass is 10.1. The molecule has 6 nitrogen and oxygen atoms in total. The van der Waals surface area contributed by atoms with Crippen LogP contribution in [0.2, 0.25) is 5.02 Å². The van der Waals surface area contributed by atoms with Gasteiger partial charge < -0.3 is 10.2 Å². The second kappa shape index (κ2) is 7.70. The highest BCUT2D eigenvalue weighted by Gasteiger charge is 2.16. The van der Waals surface area contributed by atoms with E-state index in [0.29, 0.717) is 17.1 Å². The van der Waals surface area contributed by atoms with Crippen molar-refractivity contribution in [3.05, 3.63) is 38.9 Å². The molecule has 1 aromatic carbocycles. The van der Waals surface area contributed by atoms with Gasteiger partial charge >= 0.3 is 0 Å². The molecule has 0 amide bonds. The maximum atomic E-state index is 11.1. The Labute approximate surface area is 129 Å². The van der Waals surface area contributed by atoms with Crippen LogP contribution in [0.1, 0.15) is 5.56 Å². The van der Waals surface area contributed by atoms with E-state index in [-0.39, 0.29) is 10.6 Å². The van der Waals surface area contributed by atoms with Gasteiger partial charge in [0.1, 0.15) is 0 Å². The summed E-state index contributed by atoms with van der Waals surface area (Å²) in [7, 11) is 1.99. The van der Waals surface area contributed by atoms with Gasteiger partial charge in [0.05, 0.1) is 4.92 Å². The predicted molar refractivity (Wildman–Crippen MR) is 83.8 cm³/mol. The summed E-state index contributed by atoms with van der Waals surface area (Å²) in [5.74, 6) is 0. The molecule has 0 saturated carbocycles. The predicted octanol–water partition coefficient (Wildman–Crippen LogP) is 1.59. The number of benzene rings is 1. The number of piperazine rings is 1. The largest absolute Gasteiger partial charge is 0.314 e. The summed E-state index contributed by atoms with van der Waals surface area (Å²) in [6, 6.07) is 4.86. The van der Waals surface area contributed by atoms with E-state index in [9.17, 15) is 10.1 Å². The summed E-state index contributed by atoms with van der Waals surface area (Å²) in [5.41, 5.74) is 0.795. The molecule has 0 atom stereocenters. The van der Waals surface area contributed by atoms with E-state index in [4.69, 9.17) is 11.6 Å². The first-order valence-electron chi connectivity index (χ1n) is 7.10. The van der Waals surface area contributed by atoms with Gasteiger partial charge in [0.15, 0.2) is 0 Å². The minimum Gasteiger partial charge on any atom is -0.314 e. The molecule has 1 aliphatic heterocycles. The fraction of sp³-hybridized carbons (Fsp3) is 0.571. The van der Waals surface area contributed by atoms with Crippen molar-refractivity contribution < 1.29 is 4.92 Å². The van der Waals surface area contributed by atoms with Gasteiger partial charge in [-0.1, -0.05) is 11.6 Å². The lowest BCUT2D eigenvalue weighted by Gasteiger charge is -2.29. The van der Waals surface area contributed by atoms with Crippen LogP contribution in [0.4, 0.5) is 5.69 Å². The fourth-order valence-electron chi connectivity index (χ4n) is 2.46. The number of rotatable bonds is 6. The monoisotopic (exact) mass is 312 g/mol. The molecule has 0 aromatic heterocycles. The van der Waals surface area contributed by atoms with Crippen molar-refractivity contribution in [2.24, 2.45) is 0 Å². The molecule has 116 valence electrons. The normalized spacial score (nSPS) is 16.3. The molecule has 0 radical (unpaired) electrons. The Kier molecular flexibility index (Phi) is 5.93. The molecular weight excluding hydrogens is 292 g/mol. The van der Waals surface area contributed by atoms with Crippen LogP contribution in [0.25, 0.3) is 0 Å². The van der Waals surface area contributed by atoms with Gasteiger partial charge in [0.2, 0.25) is 0 Å². The standard InChI is InChI=1S/C14H21ClN4O2/c1-17(8-9-18-6-4-16-5-7-18)11-12-2-3-13(15)10-14(12)19(20)21/h2-3,10,16H,4-9,11H2,1H3. The first-order valence-corrected chi connectivity index (χ1v) is 7.48. The Hall–Kier alpha value is -1.21. The van der Waals surface area contributed by atoms with Gasteiger partial charge in [-0.3, -0.25) is 15.0 Å². The molecule has 1 fully saturated rings. The molecule has 1 aromatic rings. The third kappa shape index (κ3) is 4.93. The molecule has 7 heteroatoms. The van der Waals surface area contributed by atoms with Crippen LogP contribution in [0.3, 0.4) is 0 Å². The summed E-state index contributed by atoms with van der Waals surface area (Å²) in [6.45, 7) is 6.63. The quantitative estimate of drug-likeness (QED) is 0.638. The number of halogens is 1. The molecule has 1 aliphatic rings. The molecule has 0 aliphatic carbocycles. The zero-order chi connectivity index (χ0) is 15.2. The second-order valence-electron chi connectivity index (χ2n) is 5.36. The van der Waals surface area contributed by atoms with Gasteiger partial charge in [-0.25, -0.2) is 0 Å². The third-order valence-corrected chi connectivity index (χ3v) is 3.93. The maximum Gasteiger partial charge on any atom is 0.275 e. The SMILES string of the molecule is CN(CCN1CCNCC1)Cc1ccc(Cl)cc1[N+](=O)[O-]. The zero-order valence-electron chi connectivity index (χ0n) is 12.2. The first-order chi connectivity index (χ1) is 10.1. The molecular formula is C14H21ClN4O2. The third-order valence-electron chi connectivity index (χ3n) is 3.69. The number of hydrogen-bond donors (Lipinski definition) is 1. The molecule has 0 spiro atoms. The van der Waals surface area contributed by atoms with Gasteiger partial charge in [0, 0.05) is 62.5 Å². The fourth-order valence-corrected chi connectivity index (χ4v) is 2.62. The van der Waals surface area contributed by atoms with Crippen molar-refractivity contribution in [1.29, 1.82) is 0 Å². The summed E-state index contributed by atoms with van der Waals surface area (Å²) in [6.07, 6.45) is 0. The van der Waals surface area contributed by atoms with Crippen LogP contribution in [-0.4, -0.2) is 61.0 Å². The lowest BCUT2D eigenvalue weighted by Crippen LogP contribution is -2.45. The van der Waals surface area contributed by atoms with Crippen molar-refractivity contribution >= 4 is 17.3 Å². The highest BCUT2D eigenvalue weighted by atomic mass is 35.5. The van der Waals surface area contributed by atoms with Gasteiger partial charge in [-0.15, -0.1) is 0 Å². The molecule has 2 rings (SSSR count). The van der Waals surface area contributed by atoms with Crippen LogP contribution in [0, 0.1) is 10.1 Å². The highest BCUT2D eigenvalue weighted by Crippen LogP contribution is 2.24. The van der Waals surface area contributed by atoms with Crippen molar-refractivity contribution in [3.63, 3.8) is 0 Å². The Balaban J connectivity index is 1.89. The van der Waals surface area contributed by atoms with E-state index >= 15 is 0 Å². The van der Waals surface area contributed by atoms with E-state index in [1.165, 1.54) is 6.07 Å². The first kappa shape index (κ1) is 16.2. The minimum atomic E-state index is -0.370. The van der Waals surface area contributed by atoms with Crippen molar-refractivity contribution in [3.8, 4) is 0 Å². The van der Waals surface area contributed by atoms with E-state index in [2.05, 4.69) is 15.1 Å². The Morgan fingerprint density at radius 1 is 1.43 bits per heavy atom. The van der Waals surface area contributed by atoms with E-state index in [1.807, 2.05) is 7.05 Å². The highest BCUT2D eigenvalue weighted by molar-refractivity contribution is 6.30. The van der Waals surface area contributed by atoms with Gasteiger partial charge in [-0.05, 0) is 19.2 Å². The smallest absolute Gasteiger partial charge is 0.275 e. The molecule has 1 N–H and O–H groups in total. The average Bonchev–Trinajstić information content (AvgIpc) is 2.48. The number of hydrogen-bond acceptors (Lipinski definition) is 5. The van der Waals surface area contributed by atoms with E-state index < -0.39 is 0 Å². The number of likely N-dealkylation sites (N-methyl/N-ethyl adjacent to an activating group) is 1. The Bertz CT molecular complexity index is 492. The molecule has 1 heterocycles. The average molecular weight is 313 g/mol. The van der Waals surface area contributed by atoms with E-state index in [1.54, 1.807) is 12.1 Å². The van der Waals surface area contributed by atoms with Crippen LogP contribution in [0.5, 0.6) is 0 Å². The number of nitrogens with one attached hydrogen (secondary N) is 1. The van der Waals surface area contributed by atoms with Crippen molar-refractivity contribution in [2.75, 3.05) is 46.3 Å². The second-order valence-corrected chi connectivity index (χ2v) is 5.80. The van der Waals surface area contributed by atoms with Crippen LogP contribution >= 0.6 is 11.6 Å². The molecule has 0 unspecified atom stereocenters. The summed E-state index contributed by atoms with van der Waals surface area (Å²) in [4.78, 5) is 15.2. The Morgan fingerprint density at radius 3 is 2.81 bits per heavy atom. The maximum absolute atomic E-state index is 11.1. The van der Waals surface area contributed by atoms with Gasteiger partial charge in [-0.2, -0.15) is 0 Å². The lowest BCUT2D eigenvalue weighted by molar-refractivity contribution is -0.385.